The van der Waals surface area contributed by atoms with E-state index in [4.69, 9.17) is 5.73 Å². The number of methoxy groups -OCH3 is 1. The zero-order chi connectivity index (χ0) is 12.3. The summed E-state index contributed by atoms with van der Waals surface area (Å²) in [6.07, 6.45) is 0. The Balaban J connectivity index is 2.06. The van der Waals surface area contributed by atoms with Gasteiger partial charge in [-0.2, -0.15) is 0 Å². The first-order chi connectivity index (χ1) is 8.20. The molecule has 0 saturated heterocycles. The maximum atomic E-state index is 10.9. The lowest BCUT2D eigenvalue weighted by molar-refractivity contribution is -0.137. The fourth-order valence-electron chi connectivity index (χ4n) is 1.27. The maximum absolute atomic E-state index is 10.9. The predicted octanol–water partition coefficient (Wildman–Crippen LogP) is 1.68. The highest BCUT2D eigenvalue weighted by atomic mass is 32.2. The Labute approximate surface area is 106 Å². The van der Waals surface area contributed by atoms with E-state index in [0.29, 0.717) is 23.1 Å². The first-order valence-electron chi connectivity index (χ1n) is 4.85. The van der Waals surface area contributed by atoms with E-state index in [0.717, 1.165) is 10.2 Å². The molecule has 0 spiro atoms. The number of thiophene rings is 1. The molecule has 2 aromatic heterocycles. The summed E-state index contributed by atoms with van der Waals surface area (Å²) < 4.78 is 4.55. The van der Waals surface area contributed by atoms with Gasteiger partial charge in [0.1, 0.15) is 16.5 Å². The van der Waals surface area contributed by atoms with Crippen LogP contribution in [0.1, 0.15) is 5.82 Å². The number of rotatable bonds is 4. The van der Waals surface area contributed by atoms with Crippen molar-refractivity contribution in [2.45, 2.75) is 5.75 Å². The smallest absolute Gasteiger partial charge is 0.315 e. The first kappa shape index (κ1) is 12.1. The van der Waals surface area contributed by atoms with Crippen molar-refractivity contribution in [1.82, 2.24) is 9.97 Å². The van der Waals surface area contributed by atoms with Gasteiger partial charge in [0.05, 0.1) is 24.0 Å². The number of ether oxygens (including phenoxy) is 1. The van der Waals surface area contributed by atoms with Crippen LogP contribution in [0.2, 0.25) is 0 Å². The molecule has 0 radical (unpaired) electrons. The van der Waals surface area contributed by atoms with Gasteiger partial charge in [0, 0.05) is 0 Å². The lowest BCUT2D eigenvalue weighted by atomic mass is 10.4. The minimum atomic E-state index is -0.250. The van der Waals surface area contributed by atoms with Crippen molar-refractivity contribution in [3.05, 3.63) is 17.3 Å². The molecule has 90 valence electrons. The molecule has 0 atom stereocenters. The molecule has 0 aliphatic rings. The standard InChI is InChI=1S/C10H11N3O2S2/c1-15-8(14)5-16-4-7-12-9(11)6-2-3-17-10(6)13-7/h2-3H,4-5H2,1H3,(H2,11,12,13). The molecule has 17 heavy (non-hydrogen) atoms. The number of fused-ring (bicyclic) bond motifs is 1. The molecule has 5 nitrogen and oxygen atoms in total. The monoisotopic (exact) mass is 269 g/mol. The van der Waals surface area contributed by atoms with Gasteiger partial charge in [-0.15, -0.1) is 23.1 Å². The Kier molecular flexibility index (Phi) is 3.80. The molecule has 0 unspecified atom stereocenters. The van der Waals surface area contributed by atoms with Crippen LogP contribution in [0.4, 0.5) is 5.82 Å². The summed E-state index contributed by atoms with van der Waals surface area (Å²) in [5.41, 5.74) is 5.81. The Bertz CT molecular complexity index is 541. The minimum absolute atomic E-state index is 0.250. The summed E-state index contributed by atoms with van der Waals surface area (Å²) in [4.78, 5) is 20.4. The van der Waals surface area contributed by atoms with Crippen molar-refractivity contribution in [2.24, 2.45) is 0 Å². The lowest BCUT2D eigenvalue weighted by Gasteiger charge is -2.02. The highest BCUT2D eigenvalue weighted by Gasteiger charge is 2.07. The van der Waals surface area contributed by atoms with E-state index in [1.54, 1.807) is 0 Å². The fourth-order valence-corrected chi connectivity index (χ4v) is 2.76. The van der Waals surface area contributed by atoms with Gasteiger partial charge in [-0.3, -0.25) is 4.79 Å². The molecule has 2 aromatic rings. The van der Waals surface area contributed by atoms with Crippen LogP contribution in [0.5, 0.6) is 0 Å². The topological polar surface area (TPSA) is 78.1 Å². The SMILES string of the molecule is COC(=O)CSCc1nc(N)c2ccsc2n1. The number of aromatic nitrogens is 2. The van der Waals surface area contributed by atoms with Crippen molar-refractivity contribution < 1.29 is 9.53 Å². The van der Waals surface area contributed by atoms with E-state index < -0.39 is 0 Å². The van der Waals surface area contributed by atoms with Gasteiger partial charge < -0.3 is 10.5 Å². The number of hydrogen-bond acceptors (Lipinski definition) is 7. The fraction of sp³-hybridized carbons (Fsp3) is 0.300. The minimum Gasteiger partial charge on any atom is -0.468 e. The highest BCUT2D eigenvalue weighted by Crippen LogP contribution is 2.23. The number of thioether (sulfide) groups is 1. The quantitative estimate of drug-likeness (QED) is 0.851. The Morgan fingerprint density at radius 1 is 1.59 bits per heavy atom. The van der Waals surface area contributed by atoms with E-state index in [-0.39, 0.29) is 5.97 Å². The molecule has 0 fully saturated rings. The van der Waals surface area contributed by atoms with Crippen molar-refractivity contribution in [3.63, 3.8) is 0 Å². The molecule has 0 aliphatic carbocycles. The van der Waals surface area contributed by atoms with Gasteiger partial charge in [-0.25, -0.2) is 9.97 Å². The Morgan fingerprint density at radius 3 is 3.18 bits per heavy atom. The van der Waals surface area contributed by atoms with E-state index in [2.05, 4.69) is 14.7 Å². The molecular formula is C10H11N3O2S2. The van der Waals surface area contributed by atoms with Gasteiger partial charge in [0.15, 0.2) is 0 Å². The second-order valence-electron chi connectivity index (χ2n) is 3.23. The summed E-state index contributed by atoms with van der Waals surface area (Å²) in [5, 5.41) is 2.82. The van der Waals surface area contributed by atoms with E-state index in [9.17, 15) is 4.79 Å². The van der Waals surface area contributed by atoms with Gasteiger partial charge in [-0.1, -0.05) is 0 Å². The number of nitrogens with zero attached hydrogens (tertiary/aromatic N) is 2. The number of nitrogen functional groups attached to an aromatic ring is 1. The molecule has 0 saturated carbocycles. The lowest BCUT2D eigenvalue weighted by Crippen LogP contribution is -2.04. The zero-order valence-electron chi connectivity index (χ0n) is 9.17. The van der Waals surface area contributed by atoms with Crippen LogP contribution >= 0.6 is 23.1 Å². The van der Waals surface area contributed by atoms with Gasteiger partial charge in [0.25, 0.3) is 0 Å². The summed E-state index contributed by atoms with van der Waals surface area (Å²) in [5.74, 6) is 1.73. The third-order valence-electron chi connectivity index (χ3n) is 2.08. The highest BCUT2D eigenvalue weighted by molar-refractivity contribution is 7.99. The summed E-state index contributed by atoms with van der Waals surface area (Å²) in [6.45, 7) is 0. The van der Waals surface area contributed by atoms with Crippen LogP contribution in [-0.2, 0) is 15.3 Å². The second-order valence-corrected chi connectivity index (χ2v) is 5.11. The van der Waals surface area contributed by atoms with E-state index in [1.165, 1.54) is 30.2 Å². The summed E-state index contributed by atoms with van der Waals surface area (Å²) in [7, 11) is 1.37. The van der Waals surface area contributed by atoms with E-state index >= 15 is 0 Å². The van der Waals surface area contributed by atoms with Crippen LogP contribution < -0.4 is 5.73 Å². The van der Waals surface area contributed by atoms with Crippen molar-refractivity contribution in [3.8, 4) is 0 Å². The average Bonchev–Trinajstić information content (AvgIpc) is 2.77. The molecule has 0 aliphatic heterocycles. The molecule has 0 amide bonds. The number of carbonyl (C=O) groups is 1. The molecular weight excluding hydrogens is 258 g/mol. The largest absolute Gasteiger partial charge is 0.468 e. The molecule has 2 heterocycles. The molecule has 7 heteroatoms. The van der Waals surface area contributed by atoms with Crippen LogP contribution in [-0.4, -0.2) is 28.8 Å². The van der Waals surface area contributed by atoms with Crippen LogP contribution in [0.25, 0.3) is 10.2 Å². The summed E-state index contributed by atoms with van der Waals surface area (Å²) >= 11 is 2.94. The number of anilines is 1. The average molecular weight is 269 g/mol. The van der Waals surface area contributed by atoms with Crippen LogP contribution in [0.3, 0.4) is 0 Å². The summed E-state index contributed by atoms with van der Waals surface area (Å²) in [6, 6.07) is 1.90. The number of carbonyl (C=O) groups excluding carboxylic acids is 1. The molecule has 2 rings (SSSR count). The third-order valence-corrected chi connectivity index (χ3v) is 3.79. The van der Waals surface area contributed by atoms with Crippen LogP contribution in [0.15, 0.2) is 11.4 Å². The molecule has 0 aromatic carbocycles. The predicted molar refractivity (Wildman–Crippen MR) is 70.0 cm³/mol. The maximum Gasteiger partial charge on any atom is 0.315 e. The zero-order valence-corrected chi connectivity index (χ0v) is 10.8. The van der Waals surface area contributed by atoms with Gasteiger partial charge in [-0.05, 0) is 11.4 Å². The molecule has 0 bridgehead atoms. The van der Waals surface area contributed by atoms with Crippen molar-refractivity contribution in [1.29, 1.82) is 0 Å². The van der Waals surface area contributed by atoms with Crippen molar-refractivity contribution in [2.75, 3.05) is 18.6 Å². The number of hydrogen-bond donors (Lipinski definition) is 1. The van der Waals surface area contributed by atoms with Crippen molar-refractivity contribution >= 4 is 45.1 Å². The number of esters is 1. The normalized spacial score (nSPS) is 10.6. The van der Waals surface area contributed by atoms with Gasteiger partial charge >= 0.3 is 5.97 Å². The Morgan fingerprint density at radius 2 is 2.41 bits per heavy atom. The Hall–Kier alpha value is -1.34. The number of nitrogens with two attached hydrogens (primary N) is 1. The van der Waals surface area contributed by atoms with Crippen LogP contribution in [0, 0.1) is 0 Å². The third kappa shape index (κ3) is 2.86. The molecule has 2 N–H and O–H groups in total. The first-order valence-corrected chi connectivity index (χ1v) is 6.88. The van der Waals surface area contributed by atoms with E-state index in [1.807, 2.05) is 11.4 Å². The second kappa shape index (κ2) is 5.33. The van der Waals surface area contributed by atoms with Gasteiger partial charge in [0.2, 0.25) is 0 Å².